The quantitative estimate of drug-likeness (QED) is 0.763. The first-order valence-electron chi connectivity index (χ1n) is 3.92. The lowest BCUT2D eigenvalue weighted by molar-refractivity contribution is 0.412. The van der Waals surface area contributed by atoms with Crippen molar-refractivity contribution in [1.29, 1.82) is 0 Å². The first-order chi connectivity index (χ1) is 6.81. The average molecular weight is 211 g/mol. The van der Waals surface area contributed by atoms with Crippen molar-refractivity contribution in [2.45, 2.75) is 6.04 Å². The second kappa shape index (κ2) is 3.72. The van der Waals surface area contributed by atoms with Crippen molar-refractivity contribution >= 4 is 11.3 Å². The summed E-state index contributed by atoms with van der Waals surface area (Å²) in [5.74, 6) is 0. The lowest BCUT2D eigenvalue weighted by Crippen LogP contribution is -2.10. The number of hydrogen-bond acceptors (Lipinski definition) is 6. The van der Waals surface area contributed by atoms with Crippen LogP contribution in [0.3, 0.4) is 0 Å². The van der Waals surface area contributed by atoms with E-state index in [1.54, 1.807) is 19.5 Å². The van der Waals surface area contributed by atoms with Gasteiger partial charge in [0.05, 0.1) is 24.2 Å². The zero-order valence-electron chi connectivity index (χ0n) is 7.47. The Hall–Kier alpha value is -1.47. The molecular weight excluding hydrogens is 202 g/mol. The van der Waals surface area contributed by atoms with Crippen LogP contribution in [0, 0.1) is 0 Å². The molecule has 0 saturated heterocycles. The molecule has 0 aliphatic heterocycles. The van der Waals surface area contributed by atoms with Crippen molar-refractivity contribution in [2.75, 3.05) is 7.11 Å². The SMILES string of the molecule is COc1ncc(C(N)c2cn[nH]n2)s1. The van der Waals surface area contributed by atoms with Crippen LogP contribution in [0.4, 0.5) is 0 Å². The van der Waals surface area contributed by atoms with Crippen molar-refractivity contribution in [3.63, 3.8) is 0 Å². The molecule has 0 amide bonds. The standard InChI is InChI=1S/C7H9N5OS/c1-13-7-9-3-5(14-7)6(8)4-2-10-12-11-4/h2-3,6H,8H2,1H3,(H,10,11,12). The summed E-state index contributed by atoms with van der Waals surface area (Å²) >= 11 is 1.40. The van der Waals surface area contributed by atoms with E-state index in [4.69, 9.17) is 10.5 Å². The van der Waals surface area contributed by atoms with Gasteiger partial charge in [0.15, 0.2) is 0 Å². The third kappa shape index (κ3) is 1.59. The molecule has 74 valence electrons. The molecule has 3 N–H and O–H groups in total. The van der Waals surface area contributed by atoms with Crippen molar-refractivity contribution in [1.82, 2.24) is 20.4 Å². The molecule has 2 heterocycles. The smallest absolute Gasteiger partial charge is 0.273 e. The molecule has 0 radical (unpaired) electrons. The van der Waals surface area contributed by atoms with E-state index >= 15 is 0 Å². The van der Waals surface area contributed by atoms with E-state index in [0.29, 0.717) is 10.9 Å². The van der Waals surface area contributed by atoms with Gasteiger partial charge in [-0.15, -0.1) is 0 Å². The van der Waals surface area contributed by atoms with Crippen molar-refractivity contribution in [2.24, 2.45) is 5.73 Å². The van der Waals surface area contributed by atoms with E-state index in [2.05, 4.69) is 20.4 Å². The highest BCUT2D eigenvalue weighted by Crippen LogP contribution is 2.27. The van der Waals surface area contributed by atoms with Gasteiger partial charge in [-0.1, -0.05) is 11.3 Å². The summed E-state index contributed by atoms with van der Waals surface area (Å²) in [6, 6.07) is -0.296. The summed E-state index contributed by atoms with van der Waals surface area (Å²) in [5, 5.41) is 10.7. The molecule has 1 unspecified atom stereocenters. The summed E-state index contributed by atoms with van der Waals surface area (Å²) in [6.45, 7) is 0. The minimum absolute atomic E-state index is 0.296. The summed E-state index contributed by atoms with van der Waals surface area (Å²) < 4.78 is 4.97. The summed E-state index contributed by atoms with van der Waals surface area (Å²) in [4.78, 5) is 4.92. The Morgan fingerprint density at radius 2 is 2.43 bits per heavy atom. The Morgan fingerprint density at radius 1 is 1.57 bits per heavy atom. The van der Waals surface area contributed by atoms with Gasteiger partial charge in [0, 0.05) is 6.20 Å². The molecule has 1 atom stereocenters. The zero-order valence-corrected chi connectivity index (χ0v) is 8.28. The number of nitrogens with one attached hydrogen (secondary N) is 1. The maximum atomic E-state index is 5.92. The maximum absolute atomic E-state index is 5.92. The third-order valence-electron chi connectivity index (χ3n) is 1.74. The number of ether oxygens (including phenoxy) is 1. The molecule has 0 aromatic carbocycles. The van der Waals surface area contributed by atoms with E-state index < -0.39 is 0 Å². The predicted molar refractivity (Wildman–Crippen MR) is 51.1 cm³/mol. The zero-order chi connectivity index (χ0) is 9.97. The highest BCUT2D eigenvalue weighted by Gasteiger charge is 2.14. The van der Waals surface area contributed by atoms with Crippen LogP contribution in [0.25, 0.3) is 0 Å². The maximum Gasteiger partial charge on any atom is 0.273 e. The van der Waals surface area contributed by atoms with Crippen molar-refractivity contribution in [3.8, 4) is 5.19 Å². The number of hydrogen-bond donors (Lipinski definition) is 2. The number of nitrogens with two attached hydrogens (primary N) is 1. The molecule has 6 nitrogen and oxygen atoms in total. The Labute approximate surface area is 84.1 Å². The van der Waals surface area contributed by atoms with Crippen LogP contribution in [0.2, 0.25) is 0 Å². The van der Waals surface area contributed by atoms with E-state index in [0.717, 1.165) is 4.88 Å². The molecule has 2 aromatic rings. The number of rotatable bonds is 3. The molecular formula is C7H9N5OS. The lowest BCUT2D eigenvalue weighted by Gasteiger charge is -2.02. The first kappa shape index (κ1) is 9.10. The largest absolute Gasteiger partial charge is 0.473 e. The molecule has 0 fully saturated rings. The molecule has 0 spiro atoms. The number of methoxy groups -OCH3 is 1. The summed E-state index contributed by atoms with van der Waals surface area (Å²) in [7, 11) is 1.57. The molecule has 2 rings (SSSR count). The van der Waals surface area contributed by atoms with Gasteiger partial charge in [-0.05, 0) is 0 Å². The summed E-state index contributed by atoms with van der Waals surface area (Å²) in [5.41, 5.74) is 6.61. The fourth-order valence-corrected chi connectivity index (χ4v) is 1.76. The molecule has 14 heavy (non-hydrogen) atoms. The van der Waals surface area contributed by atoms with Crippen molar-refractivity contribution < 1.29 is 4.74 Å². The molecule has 7 heteroatoms. The highest BCUT2D eigenvalue weighted by molar-refractivity contribution is 7.13. The number of nitrogens with zero attached hydrogens (tertiary/aromatic N) is 3. The van der Waals surface area contributed by atoms with Crippen LogP contribution < -0.4 is 10.5 Å². The van der Waals surface area contributed by atoms with Crippen LogP contribution in [0.1, 0.15) is 16.6 Å². The Balaban J connectivity index is 2.23. The number of aromatic amines is 1. The lowest BCUT2D eigenvalue weighted by atomic mass is 10.2. The first-order valence-corrected chi connectivity index (χ1v) is 4.74. The van der Waals surface area contributed by atoms with Gasteiger partial charge in [0.2, 0.25) is 0 Å². The monoisotopic (exact) mass is 211 g/mol. The van der Waals surface area contributed by atoms with Gasteiger partial charge >= 0.3 is 0 Å². The number of thiazole rings is 1. The second-order valence-corrected chi connectivity index (χ2v) is 3.63. The van der Waals surface area contributed by atoms with E-state index in [1.807, 2.05) is 0 Å². The van der Waals surface area contributed by atoms with Gasteiger partial charge in [-0.3, -0.25) is 0 Å². The van der Waals surface area contributed by atoms with E-state index in [9.17, 15) is 0 Å². The van der Waals surface area contributed by atoms with E-state index in [-0.39, 0.29) is 6.04 Å². The highest BCUT2D eigenvalue weighted by atomic mass is 32.1. The molecule has 2 aromatic heterocycles. The van der Waals surface area contributed by atoms with E-state index in [1.165, 1.54) is 11.3 Å². The Kier molecular flexibility index (Phi) is 2.42. The minimum Gasteiger partial charge on any atom is -0.473 e. The number of H-pyrrole nitrogens is 1. The average Bonchev–Trinajstić information content (AvgIpc) is 2.88. The van der Waals surface area contributed by atoms with Crippen LogP contribution in [0.15, 0.2) is 12.4 Å². The van der Waals surface area contributed by atoms with Gasteiger partial charge < -0.3 is 10.5 Å². The summed E-state index contributed by atoms with van der Waals surface area (Å²) in [6.07, 6.45) is 3.28. The third-order valence-corrected chi connectivity index (χ3v) is 2.78. The Morgan fingerprint density at radius 3 is 3.00 bits per heavy atom. The van der Waals surface area contributed by atoms with Gasteiger partial charge in [-0.2, -0.15) is 15.4 Å². The van der Waals surface area contributed by atoms with Crippen LogP contribution in [-0.2, 0) is 0 Å². The van der Waals surface area contributed by atoms with Gasteiger partial charge in [-0.25, -0.2) is 4.98 Å². The second-order valence-electron chi connectivity index (χ2n) is 2.61. The normalized spacial score (nSPS) is 12.7. The topological polar surface area (TPSA) is 89.7 Å². The number of aromatic nitrogens is 4. The van der Waals surface area contributed by atoms with Crippen molar-refractivity contribution in [3.05, 3.63) is 23.0 Å². The fourth-order valence-electron chi connectivity index (χ4n) is 1.01. The minimum atomic E-state index is -0.296. The Bertz CT molecular complexity index is 398. The van der Waals surface area contributed by atoms with Crippen LogP contribution >= 0.6 is 11.3 Å². The molecule has 0 saturated carbocycles. The van der Waals surface area contributed by atoms with Crippen LogP contribution in [0.5, 0.6) is 5.19 Å². The molecule has 0 aliphatic rings. The molecule has 0 bridgehead atoms. The fraction of sp³-hybridized carbons (Fsp3) is 0.286. The van der Waals surface area contributed by atoms with Gasteiger partial charge in [0.25, 0.3) is 5.19 Å². The van der Waals surface area contributed by atoms with Gasteiger partial charge in [0.1, 0.15) is 5.69 Å². The molecule has 0 aliphatic carbocycles. The predicted octanol–water partition coefficient (Wildman–Crippen LogP) is 0.318. The van der Waals surface area contributed by atoms with Crippen LogP contribution in [-0.4, -0.2) is 27.5 Å².